The summed E-state index contributed by atoms with van der Waals surface area (Å²) in [6.45, 7) is 13.5. The van der Waals surface area contributed by atoms with Crippen LogP contribution in [0.15, 0.2) is 4.99 Å². The van der Waals surface area contributed by atoms with Crippen LogP contribution in [0.4, 0.5) is 0 Å². The lowest BCUT2D eigenvalue weighted by atomic mass is 9.79. The molecule has 168 valence electrons. The van der Waals surface area contributed by atoms with Gasteiger partial charge < -0.3 is 20.4 Å². The normalized spacial score (nSPS) is 25.5. The zero-order valence-electron chi connectivity index (χ0n) is 19.2. The summed E-state index contributed by atoms with van der Waals surface area (Å²) >= 11 is 0. The second-order valence-corrected chi connectivity index (χ2v) is 9.45. The molecular formula is C23H46N6. The second-order valence-electron chi connectivity index (χ2n) is 9.45. The van der Waals surface area contributed by atoms with Crippen molar-refractivity contribution in [1.29, 1.82) is 0 Å². The Hall–Kier alpha value is -0.850. The molecule has 0 amide bonds. The van der Waals surface area contributed by atoms with Crippen LogP contribution < -0.4 is 10.6 Å². The van der Waals surface area contributed by atoms with Crippen LogP contribution in [0.2, 0.25) is 0 Å². The van der Waals surface area contributed by atoms with E-state index in [9.17, 15) is 0 Å². The van der Waals surface area contributed by atoms with Crippen LogP contribution in [-0.2, 0) is 0 Å². The summed E-state index contributed by atoms with van der Waals surface area (Å²) < 4.78 is 0. The lowest BCUT2D eigenvalue weighted by Gasteiger charge is -2.47. The van der Waals surface area contributed by atoms with Gasteiger partial charge in [0.25, 0.3) is 0 Å². The number of piperidine rings is 1. The molecule has 2 heterocycles. The molecule has 0 spiro atoms. The minimum atomic E-state index is 0.316. The van der Waals surface area contributed by atoms with Gasteiger partial charge in [-0.2, -0.15) is 0 Å². The van der Waals surface area contributed by atoms with Crippen molar-refractivity contribution in [2.75, 3.05) is 72.5 Å². The van der Waals surface area contributed by atoms with Gasteiger partial charge in [0.05, 0.1) is 6.54 Å². The van der Waals surface area contributed by atoms with Crippen molar-refractivity contribution in [1.82, 2.24) is 25.3 Å². The Labute approximate surface area is 179 Å². The van der Waals surface area contributed by atoms with Gasteiger partial charge >= 0.3 is 0 Å². The van der Waals surface area contributed by atoms with Gasteiger partial charge in [0.2, 0.25) is 0 Å². The van der Waals surface area contributed by atoms with Crippen LogP contribution >= 0.6 is 0 Å². The predicted molar refractivity (Wildman–Crippen MR) is 124 cm³/mol. The van der Waals surface area contributed by atoms with Crippen LogP contribution in [0.5, 0.6) is 0 Å². The summed E-state index contributed by atoms with van der Waals surface area (Å²) in [6, 6.07) is 0. The van der Waals surface area contributed by atoms with Crippen LogP contribution in [0.1, 0.15) is 64.7 Å². The smallest absolute Gasteiger partial charge is 0.191 e. The van der Waals surface area contributed by atoms with Gasteiger partial charge in [-0.3, -0.25) is 9.89 Å². The van der Waals surface area contributed by atoms with Gasteiger partial charge in [-0.15, -0.1) is 0 Å². The maximum absolute atomic E-state index is 5.12. The molecule has 0 aromatic heterocycles. The van der Waals surface area contributed by atoms with Gasteiger partial charge in [0.15, 0.2) is 5.96 Å². The average molecular weight is 407 g/mol. The molecule has 0 atom stereocenters. The van der Waals surface area contributed by atoms with Crippen molar-refractivity contribution in [3.05, 3.63) is 0 Å². The number of nitrogens with one attached hydrogen (secondary N) is 2. The largest absolute Gasteiger partial charge is 0.357 e. The molecule has 0 aromatic carbocycles. The quantitative estimate of drug-likeness (QED) is 0.502. The van der Waals surface area contributed by atoms with E-state index in [0.717, 1.165) is 32.1 Å². The lowest BCUT2D eigenvalue weighted by Crippen LogP contribution is -2.54. The second kappa shape index (κ2) is 12.1. The van der Waals surface area contributed by atoms with E-state index in [-0.39, 0.29) is 0 Å². The third-order valence-corrected chi connectivity index (χ3v) is 7.22. The molecule has 3 fully saturated rings. The van der Waals surface area contributed by atoms with Crippen molar-refractivity contribution in [3.63, 3.8) is 0 Å². The van der Waals surface area contributed by atoms with Crippen molar-refractivity contribution in [2.24, 2.45) is 4.99 Å². The summed E-state index contributed by atoms with van der Waals surface area (Å²) in [5.41, 5.74) is 0.316. The molecule has 6 heteroatoms. The Balaban J connectivity index is 1.53. The maximum atomic E-state index is 5.12. The zero-order valence-corrected chi connectivity index (χ0v) is 19.2. The molecule has 0 bridgehead atoms. The van der Waals surface area contributed by atoms with E-state index in [1.807, 2.05) is 0 Å². The third-order valence-electron chi connectivity index (χ3n) is 7.22. The van der Waals surface area contributed by atoms with Crippen LogP contribution in [0, 0.1) is 0 Å². The minimum Gasteiger partial charge on any atom is -0.357 e. The number of likely N-dealkylation sites (tertiary alicyclic amines) is 1. The first-order valence-corrected chi connectivity index (χ1v) is 12.4. The number of rotatable bonds is 7. The molecule has 2 N–H and O–H groups in total. The highest BCUT2D eigenvalue weighted by Crippen LogP contribution is 2.35. The Morgan fingerprint density at radius 1 is 0.828 bits per heavy atom. The van der Waals surface area contributed by atoms with E-state index in [4.69, 9.17) is 4.99 Å². The fourth-order valence-electron chi connectivity index (χ4n) is 5.38. The van der Waals surface area contributed by atoms with Crippen LogP contribution in [0.3, 0.4) is 0 Å². The predicted octanol–water partition coefficient (Wildman–Crippen LogP) is 2.37. The average Bonchev–Trinajstić information content (AvgIpc) is 2.97. The third kappa shape index (κ3) is 7.11. The van der Waals surface area contributed by atoms with Gasteiger partial charge in [-0.05, 0) is 72.3 Å². The highest BCUT2D eigenvalue weighted by atomic mass is 15.3. The molecule has 2 saturated heterocycles. The zero-order chi connectivity index (χ0) is 20.4. The Morgan fingerprint density at radius 3 is 2.34 bits per heavy atom. The van der Waals surface area contributed by atoms with E-state index in [1.54, 1.807) is 0 Å². The Morgan fingerprint density at radius 2 is 1.59 bits per heavy atom. The van der Waals surface area contributed by atoms with E-state index in [2.05, 4.69) is 39.3 Å². The number of guanidine groups is 1. The lowest BCUT2D eigenvalue weighted by molar-refractivity contribution is 0.0407. The van der Waals surface area contributed by atoms with Gasteiger partial charge in [-0.1, -0.05) is 25.7 Å². The molecule has 29 heavy (non-hydrogen) atoms. The summed E-state index contributed by atoms with van der Waals surface area (Å²) in [4.78, 5) is 13.0. The SMILES string of the molecule is CCNC(=NCC1(N2CCCCC2)CCCCC1)NCCN1CCCN(C)CC1. The minimum absolute atomic E-state index is 0.316. The topological polar surface area (TPSA) is 46.1 Å². The first-order valence-electron chi connectivity index (χ1n) is 12.4. The number of aliphatic imine (C=N–C) groups is 1. The number of hydrogen-bond donors (Lipinski definition) is 2. The van der Waals surface area contributed by atoms with Crippen molar-refractivity contribution in [2.45, 2.75) is 70.3 Å². The highest BCUT2D eigenvalue weighted by molar-refractivity contribution is 5.79. The monoisotopic (exact) mass is 406 g/mol. The molecule has 1 saturated carbocycles. The summed E-state index contributed by atoms with van der Waals surface area (Å²) in [5, 5.41) is 7.12. The number of likely N-dealkylation sites (N-methyl/N-ethyl adjacent to an activating group) is 1. The first kappa shape index (κ1) is 22.8. The van der Waals surface area contributed by atoms with Crippen molar-refractivity contribution >= 4 is 5.96 Å². The van der Waals surface area contributed by atoms with Crippen molar-refractivity contribution < 1.29 is 0 Å². The van der Waals surface area contributed by atoms with Crippen molar-refractivity contribution in [3.8, 4) is 0 Å². The Kier molecular flexibility index (Phi) is 9.53. The summed E-state index contributed by atoms with van der Waals surface area (Å²) in [7, 11) is 2.24. The van der Waals surface area contributed by atoms with Crippen LogP contribution in [0.25, 0.3) is 0 Å². The molecule has 3 rings (SSSR count). The summed E-state index contributed by atoms with van der Waals surface area (Å²) in [6.07, 6.45) is 12.2. The van der Waals surface area contributed by atoms with Crippen LogP contribution in [-0.4, -0.2) is 98.7 Å². The number of hydrogen-bond acceptors (Lipinski definition) is 4. The molecule has 3 aliphatic rings. The molecule has 0 aromatic rings. The molecule has 6 nitrogen and oxygen atoms in total. The maximum Gasteiger partial charge on any atom is 0.191 e. The fraction of sp³-hybridized carbons (Fsp3) is 0.957. The van der Waals surface area contributed by atoms with E-state index in [1.165, 1.54) is 97.1 Å². The van der Waals surface area contributed by atoms with Gasteiger partial charge in [-0.25, -0.2) is 0 Å². The molecule has 1 aliphatic carbocycles. The van der Waals surface area contributed by atoms with Gasteiger partial charge in [0, 0.05) is 38.3 Å². The fourth-order valence-corrected chi connectivity index (χ4v) is 5.38. The highest BCUT2D eigenvalue weighted by Gasteiger charge is 2.38. The van der Waals surface area contributed by atoms with Gasteiger partial charge in [0.1, 0.15) is 0 Å². The summed E-state index contributed by atoms with van der Waals surface area (Å²) in [5.74, 6) is 1.02. The van der Waals surface area contributed by atoms with E-state index in [0.29, 0.717) is 5.54 Å². The number of nitrogens with zero attached hydrogens (tertiary/aromatic N) is 4. The molecule has 0 radical (unpaired) electrons. The molecule has 0 unspecified atom stereocenters. The van der Waals surface area contributed by atoms with E-state index >= 15 is 0 Å². The molecular weight excluding hydrogens is 360 g/mol. The first-order chi connectivity index (χ1) is 14.2. The van der Waals surface area contributed by atoms with E-state index < -0.39 is 0 Å². The Bertz CT molecular complexity index is 482. The standard InChI is InChI=1S/C23H46N6/c1-3-24-22(25-13-18-28-15-10-14-27(2)19-20-28)26-21-23(11-6-4-7-12-23)29-16-8-5-9-17-29/h3-21H2,1-2H3,(H2,24,25,26). The molecule has 2 aliphatic heterocycles.